The fourth-order valence-corrected chi connectivity index (χ4v) is 0.199. The Morgan fingerprint density at radius 2 is 2.09 bits per heavy atom. The number of nitriles is 2. The van der Waals surface area contributed by atoms with E-state index in [1.165, 1.54) is 19.2 Å². The van der Waals surface area contributed by atoms with Crippen molar-refractivity contribution in [3.63, 3.8) is 0 Å². The highest BCUT2D eigenvalue weighted by molar-refractivity contribution is 6.10. The molecular weight excluding hydrogens is 148 g/mol. The van der Waals surface area contributed by atoms with E-state index in [4.69, 9.17) is 10.5 Å². The third-order valence-electron chi connectivity index (χ3n) is 0.636. The van der Waals surface area contributed by atoms with E-state index in [1.807, 2.05) is 0 Å². The highest BCUT2D eigenvalue weighted by Gasteiger charge is 1.98. The van der Waals surface area contributed by atoms with Crippen LogP contribution in [0.1, 0.15) is 0 Å². The van der Waals surface area contributed by atoms with E-state index in [0.717, 1.165) is 0 Å². The summed E-state index contributed by atoms with van der Waals surface area (Å²) in [5.41, 5.74) is -0.506. The van der Waals surface area contributed by atoms with Gasteiger partial charge in [0, 0.05) is 7.05 Å². The Kier molecular flexibility index (Phi) is 3.87. The maximum absolute atomic E-state index is 10.3. The van der Waals surface area contributed by atoms with Gasteiger partial charge in [-0.3, -0.25) is 4.84 Å². The van der Waals surface area contributed by atoms with Crippen molar-refractivity contribution in [1.82, 2.24) is 5.32 Å². The molecule has 0 aliphatic carbocycles. The van der Waals surface area contributed by atoms with Crippen LogP contribution in [0.25, 0.3) is 0 Å². The Morgan fingerprint density at radius 3 is 2.45 bits per heavy atom. The summed E-state index contributed by atoms with van der Waals surface area (Å²) in [6, 6.07) is 2.83. The second-order valence-electron chi connectivity index (χ2n) is 1.29. The Bertz CT molecular complexity index is 241. The highest BCUT2D eigenvalue weighted by Crippen LogP contribution is 1.79. The molecular formula is C5H4N4O2. The first-order valence-corrected chi connectivity index (χ1v) is 2.51. The molecule has 0 saturated carbocycles. The summed E-state index contributed by atoms with van der Waals surface area (Å²) >= 11 is 0. The number of rotatable bonds is 1. The monoisotopic (exact) mass is 152 g/mol. The molecule has 0 aliphatic rings. The van der Waals surface area contributed by atoms with Crippen molar-refractivity contribution in [2.75, 3.05) is 7.05 Å². The van der Waals surface area contributed by atoms with Gasteiger partial charge in [0.1, 0.15) is 12.1 Å². The lowest BCUT2D eigenvalue weighted by atomic mass is 10.5. The molecule has 1 N–H and O–H groups in total. The zero-order chi connectivity index (χ0) is 8.69. The maximum atomic E-state index is 10.3. The van der Waals surface area contributed by atoms with Gasteiger partial charge in [-0.1, -0.05) is 5.16 Å². The summed E-state index contributed by atoms with van der Waals surface area (Å²) in [6.45, 7) is 0. The number of hydrogen-bond donors (Lipinski definition) is 1. The van der Waals surface area contributed by atoms with Gasteiger partial charge in [-0.25, -0.2) is 4.79 Å². The van der Waals surface area contributed by atoms with E-state index >= 15 is 0 Å². The van der Waals surface area contributed by atoms with Crippen LogP contribution in [0.15, 0.2) is 5.16 Å². The van der Waals surface area contributed by atoms with Gasteiger partial charge in [0.05, 0.1) is 0 Å². The molecule has 0 aromatic rings. The Morgan fingerprint density at radius 1 is 1.55 bits per heavy atom. The van der Waals surface area contributed by atoms with Crippen LogP contribution < -0.4 is 5.32 Å². The summed E-state index contributed by atoms with van der Waals surface area (Å²) in [5, 5.41) is 21.2. The van der Waals surface area contributed by atoms with Crippen LogP contribution in [0, 0.1) is 22.7 Å². The second-order valence-corrected chi connectivity index (χ2v) is 1.29. The van der Waals surface area contributed by atoms with Crippen molar-refractivity contribution < 1.29 is 9.63 Å². The fourth-order valence-electron chi connectivity index (χ4n) is 0.199. The lowest BCUT2D eigenvalue weighted by Crippen LogP contribution is -2.17. The first kappa shape index (κ1) is 8.92. The molecule has 0 rings (SSSR count). The van der Waals surface area contributed by atoms with Gasteiger partial charge in [0.15, 0.2) is 0 Å². The first-order valence-electron chi connectivity index (χ1n) is 2.51. The van der Waals surface area contributed by atoms with Crippen LogP contribution in [0.5, 0.6) is 0 Å². The molecule has 0 bridgehead atoms. The molecule has 0 fully saturated rings. The van der Waals surface area contributed by atoms with Gasteiger partial charge in [-0.15, -0.1) is 0 Å². The van der Waals surface area contributed by atoms with Crippen molar-refractivity contribution >= 4 is 11.8 Å². The number of nitrogens with zero attached hydrogens (tertiary/aromatic N) is 3. The lowest BCUT2D eigenvalue weighted by molar-refractivity contribution is 0.153. The van der Waals surface area contributed by atoms with Gasteiger partial charge in [0.2, 0.25) is 0 Å². The topological polar surface area (TPSA) is 98.3 Å². The van der Waals surface area contributed by atoms with Crippen molar-refractivity contribution in [3.05, 3.63) is 0 Å². The van der Waals surface area contributed by atoms with Crippen molar-refractivity contribution in [2.24, 2.45) is 5.16 Å². The molecule has 0 aliphatic heterocycles. The van der Waals surface area contributed by atoms with Crippen LogP contribution >= 0.6 is 0 Å². The van der Waals surface area contributed by atoms with Gasteiger partial charge >= 0.3 is 6.09 Å². The van der Waals surface area contributed by atoms with Crippen LogP contribution in [-0.2, 0) is 4.84 Å². The normalized spacial score (nSPS) is 6.82. The summed E-state index contributed by atoms with van der Waals surface area (Å²) in [6.07, 6.45) is -0.826. The molecule has 1 amide bonds. The second kappa shape index (κ2) is 4.77. The predicted octanol–water partition coefficient (Wildman–Crippen LogP) is -0.254. The predicted molar refractivity (Wildman–Crippen MR) is 34.2 cm³/mol. The van der Waals surface area contributed by atoms with Crippen molar-refractivity contribution in [3.8, 4) is 12.1 Å². The molecule has 0 saturated heterocycles. The summed E-state index contributed by atoms with van der Waals surface area (Å²) in [4.78, 5) is 14.3. The highest BCUT2D eigenvalue weighted by atomic mass is 16.7. The van der Waals surface area contributed by atoms with Gasteiger partial charge < -0.3 is 5.32 Å². The van der Waals surface area contributed by atoms with E-state index in [-0.39, 0.29) is 0 Å². The molecule has 0 aromatic heterocycles. The van der Waals surface area contributed by atoms with Crippen LogP contribution in [0.2, 0.25) is 0 Å². The molecule has 0 aromatic carbocycles. The zero-order valence-corrected chi connectivity index (χ0v) is 5.66. The quantitative estimate of drug-likeness (QED) is 0.318. The van der Waals surface area contributed by atoms with Crippen LogP contribution in [0.4, 0.5) is 4.79 Å². The smallest absolute Gasteiger partial charge is 0.323 e. The molecule has 0 unspecified atom stereocenters. The maximum Gasteiger partial charge on any atom is 0.433 e. The lowest BCUT2D eigenvalue weighted by Gasteiger charge is -1.91. The molecule has 6 nitrogen and oxygen atoms in total. The van der Waals surface area contributed by atoms with E-state index in [9.17, 15) is 4.79 Å². The largest absolute Gasteiger partial charge is 0.433 e. The van der Waals surface area contributed by atoms with Crippen LogP contribution in [0.3, 0.4) is 0 Å². The number of hydrogen-bond acceptors (Lipinski definition) is 5. The standard InChI is InChI=1S/C5H4N4O2/c1-8-5(10)11-9-4(2-6)3-7/h1H3,(H,8,10). The molecule has 11 heavy (non-hydrogen) atoms. The number of carbonyl (C=O) groups is 1. The first-order chi connectivity index (χ1) is 5.24. The minimum Gasteiger partial charge on any atom is -0.323 e. The van der Waals surface area contributed by atoms with E-state index < -0.39 is 11.8 Å². The Balaban J connectivity index is 4.05. The molecule has 6 heteroatoms. The number of carbonyl (C=O) groups excluding carboxylic acids is 1. The SMILES string of the molecule is CNC(=O)ON=C(C#N)C#N. The minimum atomic E-state index is -0.826. The zero-order valence-electron chi connectivity index (χ0n) is 5.66. The number of oxime groups is 1. The third kappa shape index (κ3) is 3.49. The average molecular weight is 152 g/mol. The summed E-state index contributed by atoms with van der Waals surface area (Å²) < 4.78 is 0. The van der Waals surface area contributed by atoms with Gasteiger partial charge in [-0.05, 0) is 0 Å². The molecule has 56 valence electrons. The Hall–Kier alpha value is -2.08. The fraction of sp³-hybridized carbons (Fsp3) is 0.200. The van der Waals surface area contributed by atoms with E-state index in [2.05, 4.69) is 15.3 Å². The number of amides is 1. The van der Waals surface area contributed by atoms with E-state index in [0.29, 0.717) is 0 Å². The Labute approximate surface area is 62.7 Å². The van der Waals surface area contributed by atoms with Gasteiger partial charge in [-0.2, -0.15) is 10.5 Å². The van der Waals surface area contributed by atoms with Crippen molar-refractivity contribution in [2.45, 2.75) is 0 Å². The third-order valence-corrected chi connectivity index (χ3v) is 0.636. The number of nitrogens with one attached hydrogen (secondary N) is 1. The summed E-state index contributed by atoms with van der Waals surface area (Å²) in [7, 11) is 1.33. The molecule has 0 radical (unpaired) electrons. The molecule has 0 spiro atoms. The van der Waals surface area contributed by atoms with Crippen molar-refractivity contribution in [1.29, 1.82) is 10.5 Å². The summed E-state index contributed by atoms with van der Waals surface area (Å²) in [5.74, 6) is 0. The molecule has 0 heterocycles. The van der Waals surface area contributed by atoms with E-state index in [1.54, 1.807) is 0 Å². The molecule has 0 atom stereocenters. The van der Waals surface area contributed by atoms with Crippen LogP contribution in [-0.4, -0.2) is 18.9 Å². The minimum absolute atomic E-state index is 0.506. The average Bonchev–Trinajstić information content (AvgIpc) is 2.06. The van der Waals surface area contributed by atoms with Gasteiger partial charge in [0.25, 0.3) is 5.71 Å².